The lowest BCUT2D eigenvalue weighted by Gasteiger charge is -2.14. The summed E-state index contributed by atoms with van der Waals surface area (Å²) in [5, 5.41) is 13.7. The van der Waals surface area contributed by atoms with Crippen LogP contribution in [0.25, 0.3) is 0 Å². The van der Waals surface area contributed by atoms with Crippen molar-refractivity contribution in [1.82, 2.24) is 0 Å². The van der Waals surface area contributed by atoms with Crippen LogP contribution in [0.15, 0.2) is 48.5 Å². The van der Waals surface area contributed by atoms with Crippen molar-refractivity contribution in [1.29, 1.82) is 0 Å². The Morgan fingerprint density at radius 2 is 1.82 bits per heavy atom. The van der Waals surface area contributed by atoms with Crippen molar-refractivity contribution in [3.8, 4) is 5.75 Å². The van der Waals surface area contributed by atoms with Gasteiger partial charge in [0.2, 0.25) is 0 Å². The van der Waals surface area contributed by atoms with Gasteiger partial charge in [0.05, 0.1) is 0 Å². The SMILES string of the molecule is CC(=O)c1ccc(OC[C@@H](O)CNc2ccc(Cl)cc2)cc1. The number of halogens is 1. The largest absolute Gasteiger partial charge is 0.491 e. The van der Waals surface area contributed by atoms with Gasteiger partial charge in [0.15, 0.2) is 5.78 Å². The predicted molar refractivity (Wildman–Crippen MR) is 87.9 cm³/mol. The molecule has 22 heavy (non-hydrogen) atoms. The number of ketones is 1. The summed E-state index contributed by atoms with van der Waals surface area (Å²) < 4.78 is 5.49. The molecule has 0 aliphatic heterocycles. The number of Topliss-reactive ketones (excluding diaryl/α,β-unsaturated/α-hetero) is 1. The molecule has 0 aromatic heterocycles. The quantitative estimate of drug-likeness (QED) is 0.768. The van der Waals surface area contributed by atoms with Crippen LogP contribution in [0.1, 0.15) is 17.3 Å². The number of rotatable bonds is 7. The highest BCUT2D eigenvalue weighted by Crippen LogP contribution is 2.14. The van der Waals surface area contributed by atoms with E-state index in [4.69, 9.17) is 16.3 Å². The van der Waals surface area contributed by atoms with Crippen LogP contribution in [0.3, 0.4) is 0 Å². The van der Waals surface area contributed by atoms with Gasteiger partial charge in [-0.3, -0.25) is 4.79 Å². The first-order valence-corrected chi connectivity index (χ1v) is 7.33. The summed E-state index contributed by atoms with van der Waals surface area (Å²) in [5.41, 5.74) is 1.52. The summed E-state index contributed by atoms with van der Waals surface area (Å²) in [5.74, 6) is 0.634. The van der Waals surface area contributed by atoms with Gasteiger partial charge in [-0.25, -0.2) is 0 Å². The maximum absolute atomic E-state index is 11.2. The number of nitrogens with one attached hydrogen (secondary N) is 1. The lowest BCUT2D eigenvalue weighted by atomic mass is 10.1. The van der Waals surface area contributed by atoms with Gasteiger partial charge in [-0.15, -0.1) is 0 Å². The van der Waals surface area contributed by atoms with Crippen molar-refractivity contribution in [3.05, 3.63) is 59.1 Å². The molecule has 0 aliphatic rings. The molecule has 0 saturated heterocycles. The molecule has 2 aromatic carbocycles. The molecule has 2 aromatic rings. The third-order valence-electron chi connectivity index (χ3n) is 3.09. The van der Waals surface area contributed by atoms with Gasteiger partial charge in [-0.2, -0.15) is 0 Å². The second-order valence-electron chi connectivity index (χ2n) is 4.93. The van der Waals surface area contributed by atoms with Crippen LogP contribution in [0.2, 0.25) is 5.02 Å². The highest BCUT2D eigenvalue weighted by atomic mass is 35.5. The average Bonchev–Trinajstić information content (AvgIpc) is 2.52. The molecule has 2 rings (SSSR count). The molecule has 1 atom stereocenters. The summed E-state index contributed by atoms with van der Waals surface area (Å²) >= 11 is 5.80. The van der Waals surface area contributed by atoms with Crippen molar-refractivity contribution in [2.75, 3.05) is 18.5 Å². The Kier molecular flexibility index (Phi) is 5.81. The number of aliphatic hydroxyl groups is 1. The molecule has 0 fully saturated rings. The first-order chi connectivity index (χ1) is 10.5. The molecular weight excluding hydrogens is 302 g/mol. The van der Waals surface area contributed by atoms with E-state index < -0.39 is 6.10 Å². The van der Waals surface area contributed by atoms with E-state index in [1.54, 1.807) is 36.4 Å². The first-order valence-electron chi connectivity index (χ1n) is 6.96. The average molecular weight is 320 g/mol. The summed E-state index contributed by atoms with van der Waals surface area (Å²) in [7, 11) is 0. The number of ether oxygens (including phenoxy) is 1. The number of anilines is 1. The van der Waals surface area contributed by atoms with Crippen LogP contribution < -0.4 is 10.1 Å². The fourth-order valence-electron chi connectivity index (χ4n) is 1.84. The van der Waals surface area contributed by atoms with Crippen LogP contribution >= 0.6 is 11.6 Å². The van der Waals surface area contributed by atoms with Crippen LogP contribution in [0, 0.1) is 0 Å². The lowest BCUT2D eigenvalue weighted by molar-refractivity contribution is 0.101. The Morgan fingerprint density at radius 1 is 1.18 bits per heavy atom. The third-order valence-corrected chi connectivity index (χ3v) is 3.34. The van der Waals surface area contributed by atoms with Crippen molar-refractivity contribution in [2.24, 2.45) is 0 Å². The normalized spacial score (nSPS) is 11.8. The molecule has 0 aliphatic carbocycles. The van der Waals surface area contributed by atoms with Gasteiger partial charge in [-0.05, 0) is 55.5 Å². The molecule has 0 unspecified atom stereocenters. The molecular formula is C17H18ClNO3. The summed E-state index contributed by atoms with van der Waals surface area (Å²) in [6.45, 7) is 2.05. The maximum Gasteiger partial charge on any atom is 0.159 e. The number of hydrogen-bond donors (Lipinski definition) is 2. The summed E-state index contributed by atoms with van der Waals surface area (Å²) in [4.78, 5) is 11.2. The third kappa shape index (κ3) is 5.06. The standard InChI is InChI=1S/C17H18ClNO3/c1-12(20)13-2-8-17(9-3-13)22-11-16(21)10-19-15-6-4-14(18)5-7-15/h2-9,16,19,21H,10-11H2,1H3/t16-/m0/s1. The Morgan fingerprint density at radius 3 is 2.41 bits per heavy atom. The molecule has 0 radical (unpaired) electrons. The molecule has 0 bridgehead atoms. The Bertz CT molecular complexity index is 611. The number of hydrogen-bond acceptors (Lipinski definition) is 4. The van der Waals surface area contributed by atoms with Gasteiger partial charge in [0.1, 0.15) is 18.5 Å². The van der Waals surface area contributed by atoms with E-state index in [9.17, 15) is 9.90 Å². The van der Waals surface area contributed by atoms with Crippen LogP contribution in [-0.4, -0.2) is 30.1 Å². The Balaban J connectivity index is 1.76. The zero-order valence-electron chi connectivity index (χ0n) is 12.3. The maximum atomic E-state index is 11.2. The second kappa shape index (κ2) is 7.82. The van der Waals surface area contributed by atoms with E-state index in [1.807, 2.05) is 12.1 Å². The second-order valence-corrected chi connectivity index (χ2v) is 5.37. The van der Waals surface area contributed by atoms with Gasteiger partial charge in [0, 0.05) is 22.8 Å². The zero-order chi connectivity index (χ0) is 15.9. The van der Waals surface area contributed by atoms with E-state index in [-0.39, 0.29) is 12.4 Å². The van der Waals surface area contributed by atoms with E-state index in [0.29, 0.717) is 22.9 Å². The van der Waals surface area contributed by atoms with E-state index in [0.717, 1.165) is 5.69 Å². The van der Waals surface area contributed by atoms with Gasteiger partial charge in [-0.1, -0.05) is 11.6 Å². The van der Waals surface area contributed by atoms with E-state index in [2.05, 4.69) is 5.32 Å². The molecule has 0 spiro atoms. The number of carbonyl (C=O) groups excluding carboxylic acids is 1. The lowest BCUT2D eigenvalue weighted by Crippen LogP contribution is -2.26. The monoisotopic (exact) mass is 319 g/mol. The molecule has 0 saturated carbocycles. The molecule has 116 valence electrons. The minimum Gasteiger partial charge on any atom is -0.491 e. The minimum atomic E-state index is -0.650. The number of carbonyl (C=O) groups is 1. The highest BCUT2D eigenvalue weighted by Gasteiger charge is 2.06. The predicted octanol–water partition coefficient (Wildman–Crippen LogP) is 3.39. The Hall–Kier alpha value is -2.04. The smallest absolute Gasteiger partial charge is 0.159 e. The van der Waals surface area contributed by atoms with Crippen molar-refractivity contribution in [2.45, 2.75) is 13.0 Å². The molecule has 4 nitrogen and oxygen atoms in total. The zero-order valence-corrected chi connectivity index (χ0v) is 13.0. The summed E-state index contributed by atoms with van der Waals surface area (Å²) in [6.07, 6.45) is -0.650. The minimum absolute atomic E-state index is 0.0127. The fraction of sp³-hybridized carbons (Fsp3) is 0.235. The van der Waals surface area contributed by atoms with E-state index >= 15 is 0 Å². The first kappa shape index (κ1) is 16.3. The van der Waals surface area contributed by atoms with Crippen LogP contribution in [0.5, 0.6) is 5.75 Å². The van der Waals surface area contributed by atoms with Crippen LogP contribution in [0.4, 0.5) is 5.69 Å². The van der Waals surface area contributed by atoms with Gasteiger partial charge < -0.3 is 15.2 Å². The van der Waals surface area contributed by atoms with Gasteiger partial charge >= 0.3 is 0 Å². The summed E-state index contributed by atoms with van der Waals surface area (Å²) in [6, 6.07) is 14.1. The molecule has 5 heteroatoms. The number of aliphatic hydroxyl groups excluding tert-OH is 1. The van der Waals surface area contributed by atoms with Gasteiger partial charge in [0.25, 0.3) is 0 Å². The van der Waals surface area contributed by atoms with Crippen molar-refractivity contribution >= 4 is 23.1 Å². The molecule has 0 heterocycles. The number of benzene rings is 2. The fourth-order valence-corrected chi connectivity index (χ4v) is 1.97. The Labute approximate surface area is 134 Å². The topological polar surface area (TPSA) is 58.6 Å². The highest BCUT2D eigenvalue weighted by molar-refractivity contribution is 6.30. The molecule has 2 N–H and O–H groups in total. The van der Waals surface area contributed by atoms with Crippen molar-refractivity contribution in [3.63, 3.8) is 0 Å². The van der Waals surface area contributed by atoms with E-state index in [1.165, 1.54) is 6.92 Å². The van der Waals surface area contributed by atoms with Crippen LogP contribution in [-0.2, 0) is 0 Å². The van der Waals surface area contributed by atoms with Crippen molar-refractivity contribution < 1.29 is 14.6 Å². The molecule has 0 amide bonds.